The first kappa shape index (κ1) is 14.4. The molecule has 0 aliphatic rings. The maximum atomic E-state index is 12.9. The molecule has 0 bridgehead atoms. The van der Waals surface area contributed by atoms with E-state index in [1.165, 1.54) is 12.1 Å². The second kappa shape index (κ2) is 6.96. The Balaban J connectivity index is 2.72. The zero-order valence-corrected chi connectivity index (χ0v) is 10.9. The summed E-state index contributed by atoms with van der Waals surface area (Å²) in [6.45, 7) is 3.71. The lowest BCUT2D eigenvalue weighted by Crippen LogP contribution is -2.35. The topological polar surface area (TPSA) is 58.4 Å². The van der Waals surface area contributed by atoms with E-state index in [0.717, 1.165) is 18.5 Å². The summed E-state index contributed by atoms with van der Waals surface area (Å²) < 4.78 is 12.9. The van der Waals surface area contributed by atoms with Crippen LogP contribution in [-0.4, -0.2) is 30.9 Å². The van der Waals surface area contributed by atoms with Gasteiger partial charge in [0.1, 0.15) is 5.82 Å². The van der Waals surface area contributed by atoms with Crippen LogP contribution in [0.5, 0.6) is 0 Å². The highest BCUT2D eigenvalue weighted by atomic mass is 19.1. The van der Waals surface area contributed by atoms with Gasteiger partial charge >= 0.3 is 0 Å². The Bertz CT molecular complexity index is 409. The number of hydrogen-bond acceptors (Lipinski definition) is 3. The first-order valence-electron chi connectivity index (χ1n) is 6.03. The van der Waals surface area contributed by atoms with E-state index in [1.807, 2.05) is 11.8 Å². The minimum Gasteiger partial charge on any atom is -0.398 e. The highest BCUT2D eigenvalue weighted by Gasteiger charge is 2.11. The van der Waals surface area contributed by atoms with Gasteiger partial charge in [0.25, 0.3) is 0 Å². The molecule has 1 aromatic carbocycles. The molecular formula is C13H20FN3O. The van der Waals surface area contributed by atoms with Gasteiger partial charge in [-0.05, 0) is 30.7 Å². The fourth-order valence-corrected chi connectivity index (χ4v) is 1.76. The summed E-state index contributed by atoms with van der Waals surface area (Å²) in [4.78, 5) is 13.4. The Hall–Kier alpha value is -1.62. The van der Waals surface area contributed by atoms with Crippen LogP contribution < -0.4 is 11.1 Å². The second-order valence-corrected chi connectivity index (χ2v) is 4.23. The summed E-state index contributed by atoms with van der Waals surface area (Å²) in [5, 5.41) is 2.59. The van der Waals surface area contributed by atoms with Crippen molar-refractivity contribution < 1.29 is 9.18 Å². The van der Waals surface area contributed by atoms with Crippen molar-refractivity contribution in [2.45, 2.75) is 19.9 Å². The van der Waals surface area contributed by atoms with Crippen LogP contribution in [-0.2, 0) is 11.3 Å². The Kier molecular flexibility index (Phi) is 5.58. The van der Waals surface area contributed by atoms with E-state index in [-0.39, 0.29) is 11.7 Å². The normalized spacial score (nSPS) is 10.7. The number of nitrogens with two attached hydrogens (primary N) is 1. The summed E-state index contributed by atoms with van der Waals surface area (Å²) in [5.74, 6) is -0.381. The van der Waals surface area contributed by atoms with Crippen LogP contribution in [0.1, 0.15) is 18.9 Å². The van der Waals surface area contributed by atoms with E-state index in [9.17, 15) is 9.18 Å². The van der Waals surface area contributed by atoms with Crippen molar-refractivity contribution in [1.82, 2.24) is 10.2 Å². The zero-order valence-electron chi connectivity index (χ0n) is 10.9. The Morgan fingerprint density at radius 2 is 2.22 bits per heavy atom. The lowest BCUT2D eigenvalue weighted by Gasteiger charge is -2.21. The van der Waals surface area contributed by atoms with Gasteiger partial charge in [-0.15, -0.1) is 0 Å². The van der Waals surface area contributed by atoms with Gasteiger partial charge < -0.3 is 11.1 Å². The summed E-state index contributed by atoms with van der Waals surface area (Å²) in [7, 11) is 1.61. The molecular weight excluding hydrogens is 233 g/mol. The maximum absolute atomic E-state index is 12.9. The van der Waals surface area contributed by atoms with Crippen LogP contribution in [0, 0.1) is 5.82 Å². The number of carbonyl (C=O) groups excluding carboxylic acids is 1. The number of anilines is 1. The Morgan fingerprint density at radius 3 is 2.78 bits per heavy atom. The molecule has 5 heteroatoms. The number of amides is 1. The third-order valence-electron chi connectivity index (χ3n) is 2.69. The molecule has 0 radical (unpaired) electrons. The molecule has 0 aliphatic carbocycles. The van der Waals surface area contributed by atoms with E-state index in [1.54, 1.807) is 13.1 Å². The molecule has 18 heavy (non-hydrogen) atoms. The molecule has 4 nitrogen and oxygen atoms in total. The summed E-state index contributed by atoms with van der Waals surface area (Å²) in [6, 6.07) is 4.35. The number of nitrogens with one attached hydrogen (secondary N) is 1. The van der Waals surface area contributed by atoms with Gasteiger partial charge in [0.15, 0.2) is 0 Å². The van der Waals surface area contributed by atoms with Gasteiger partial charge in [-0.3, -0.25) is 9.69 Å². The number of halogens is 1. The largest absolute Gasteiger partial charge is 0.398 e. The van der Waals surface area contributed by atoms with E-state index < -0.39 is 0 Å². The number of benzene rings is 1. The number of nitrogens with zero attached hydrogens (tertiary/aromatic N) is 1. The van der Waals surface area contributed by atoms with Crippen molar-refractivity contribution in [2.24, 2.45) is 0 Å². The van der Waals surface area contributed by atoms with Gasteiger partial charge in [-0.25, -0.2) is 4.39 Å². The predicted octanol–water partition coefficient (Wildman–Crippen LogP) is 1.37. The van der Waals surface area contributed by atoms with E-state index >= 15 is 0 Å². The quantitative estimate of drug-likeness (QED) is 0.753. The van der Waals surface area contributed by atoms with E-state index in [2.05, 4.69) is 5.32 Å². The molecule has 1 amide bonds. The monoisotopic (exact) mass is 253 g/mol. The molecule has 3 N–H and O–H groups in total. The highest BCUT2D eigenvalue weighted by Crippen LogP contribution is 2.15. The van der Waals surface area contributed by atoms with E-state index in [4.69, 9.17) is 5.73 Å². The SMILES string of the molecule is CCCN(CC(=O)NC)Cc1ccc(F)cc1N. The van der Waals surface area contributed by atoms with Crippen molar-refractivity contribution in [1.29, 1.82) is 0 Å². The van der Waals surface area contributed by atoms with Crippen molar-refractivity contribution in [3.63, 3.8) is 0 Å². The van der Waals surface area contributed by atoms with Crippen LogP contribution in [0.3, 0.4) is 0 Å². The van der Waals surface area contributed by atoms with Crippen molar-refractivity contribution in [3.8, 4) is 0 Å². The number of rotatable bonds is 6. The Labute approximate surface area is 107 Å². The lowest BCUT2D eigenvalue weighted by molar-refractivity contribution is -0.121. The van der Waals surface area contributed by atoms with Crippen molar-refractivity contribution in [3.05, 3.63) is 29.6 Å². The molecule has 0 heterocycles. The van der Waals surface area contributed by atoms with Gasteiger partial charge in [-0.1, -0.05) is 13.0 Å². The van der Waals surface area contributed by atoms with Gasteiger partial charge in [0, 0.05) is 19.3 Å². The molecule has 100 valence electrons. The fourth-order valence-electron chi connectivity index (χ4n) is 1.76. The smallest absolute Gasteiger partial charge is 0.233 e. The molecule has 0 saturated carbocycles. The van der Waals surface area contributed by atoms with Crippen molar-refractivity contribution in [2.75, 3.05) is 25.9 Å². The molecule has 0 fully saturated rings. The highest BCUT2D eigenvalue weighted by molar-refractivity contribution is 5.77. The van der Waals surface area contributed by atoms with Crippen LogP contribution >= 0.6 is 0 Å². The van der Waals surface area contributed by atoms with Gasteiger partial charge in [-0.2, -0.15) is 0 Å². The maximum Gasteiger partial charge on any atom is 0.233 e. The summed E-state index contributed by atoms with van der Waals surface area (Å²) in [6.07, 6.45) is 0.943. The molecule has 0 saturated heterocycles. The minimum atomic E-state index is -0.343. The average molecular weight is 253 g/mol. The molecule has 0 aliphatic heterocycles. The third-order valence-corrected chi connectivity index (χ3v) is 2.69. The fraction of sp³-hybridized carbons (Fsp3) is 0.462. The lowest BCUT2D eigenvalue weighted by atomic mass is 10.1. The predicted molar refractivity (Wildman–Crippen MR) is 70.4 cm³/mol. The first-order valence-corrected chi connectivity index (χ1v) is 6.03. The molecule has 0 spiro atoms. The van der Waals surface area contributed by atoms with E-state index in [0.29, 0.717) is 18.8 Å². The molecule has 0 aromatic heterocycles. The second-order valence-electron chi connectivity index (χ2n) is 4.23. The molecule has 1 rings (SSSR count). The molecule has 0 unspecified atom stereocenters. The van der Waals surface area contributed by atoms with Crippen LogP contribution in [0.4, 0.5) is 10.1 Å². The van der Waals surface area contributed by atoms with Crippen LogP contribution in [0.25, 0.3) is 0 Å². The summed E-state index contributed by atoms with van der Waals surface area (Å²) in [5.41, 5.74) is 7.03. The summed E-state index contributed by atoms with van der Waals surface area (Å²) >= 11 is 0. The number of carbonyl (C=O) groups is 1. The van der Waals surface area contributed by atoms with Gasteiger partial charge in [0.2, 0.25) is 5.91 Å². The Morgan fingerprint density at radius 1 is 1.50 bits per heavy atom. The zero-order chi connectivity index (χ0) is 13.5. The first-order chi connectivity index (χ1) is 8.56. The van der Waals surface area contributed by atoms with Gasteiger partial charge in [0.05, 0.1) is 6.54 Å². The third kappa shape index (κ3) is 4.33. The van der Waals surface area contributed by atoms with Crippen LogP contribution in [0.2, 0.25) is 0 Å². The number of hydrogen-bond donors (Lipinski definition) is 2. The van der Waals surface area contributed by atoms with Crippen molar-refractivity contribution >= 4 is 11.6 Å². The standard InChI is InChI=1S/C13H20FN3O/c1-3-6-17(9-13(18)16-2)8-10-4-5-11(14)7-12(10)15/h4-5,7H,3,6,8-9,15H2,1-2H3,(H,16,18). The average Bonchev–Trinajstić information content (AvgIpc) is 2.32. The molecule has 1 aromatic rings. The molecule has 0 atom stereocenters. The van der Waals surface area contributed by atoms with Crippen LogP contribution in [0.15, 0.2) is 18.2 Å². The minimum absolute atomic E-state index is 0.0378. The number of nitrogen functional groups attached to an aromatic ring is 1. The number of likely N-dealkylation sites (N-methyl/N-ethyl adjacent to an activating group) is 1.